The van der Waals surface area contributed by atoms with Crippen LogP contribution in [0.5, 0.6) is 0 Å². The summed E-state index contributed by atoms with van der Waals surface area (Å²) in [7, 11) is 0. The van der Waals surface area contributed by atoms with Crippen molar-refractivity contribution in [2.75, 3.05) is 13.2 Å². The summed E-state index contributed by atoms with van der Waals surface area (Å²) in [5, 5.41) is 35.5. The van der Waals surface area contributed by atoms with E-state index in [0.717, 1.165) is 32.1 Å². The highest BCUT2D eigenvalue weighted by molar-refractivity contribution is 4.65. The summed E-state index contributed by atoms with van der Waals surface area (Å²) in [4.78, 5) is 0. The van der Waals surface area contributed by atoms with E-state index >= 15 is 0 Å². The van der Waals surface area contributed by atoms with Crippen LogP contribution in [0.25, 0.3) is 0 Å². The van der Waals surface area contributed by atoms with E-state index in [2.05, 4.69) is 6.92 Å². The lowest BCUT2D eigenvalue weighted by molar-refractivity contribution is 0.0584. The Bertz CT molecular complexity index is 172. The normalized spacial score (nSPS) is 15.2. The highest BCUT2D eigenvalue weighted by Crippen LogP contribution is 2.12. The fourth-order valence-corrected chi connectivity index (χ4v) is 1.95. The van der Waals surface area contributed by atoms with Gasteiger partial charge in [-0.1, -0.05) is 52.9 Å². The van der Waals surface area contributed by atoms with Gasteiger partial charge in [0.1, 0.15) is 0 Å². The Labute approximate surface area is 124 Å². The molecule has 3 atom stereocenters. The van der Waals surface area contributed by atoms with Crippen molar-refractivity contribution in [2.24, 2.45) is 5.92 Å². The van der Waals surface area contributed by atoms with Crippen molar-refractivity contribution in [1.82, 2.24) is 0 Å². The van der Waals surface area contributed by atoms with Crippen molar-refractivity contribution in [3.05, 3.63) is 0 Å². The Balaban J connectivity index is 0. The maximum atomic E-state index is 9.35. The van der Waals surface area contributed by atoms with E-state index in [0.29, 0.717) is 0 Å². The third-order valence-corrected chi connectivity index (χ3v) is 3.49. The first-order valence-corrected chi connectivity index (χ1v) is 8.14. The lowest BCUT2D eigenvalue weighted by Gasteiger charge is -2.17. The Hall–Kier alpha value is -0.160. The molecule has 20 heavy (non-hydrogen) atoms. The van der Waals surface area contributed by atoms with Crippen LogP contribution in [-0.2, 0) is 0 Å². The average molecular weight is 292 g/mol. The van der Waals surface area contributed by atoms with E-state index in [1.165, 1.54) is 19.3 Å². The standard InChI is InChI=1S/2C8H18O2/c1-3-5-8(10)7(4-2)6-9;1-2-3-4-5-6-8(10)7-9/h7-10H,3-6H2,1-2H3;8-10H,2-7H2,1H3. The minimum atomic E-state index is -0.489. The van der Waals surface area contributed by atoms with Crippen molar-refractivity contribution in [3.8, 4) is 0 Å². The molecule has 0 aliphatic heterocycles. The predicted octanol–water partition coefficient (Wildman–Crippen LogP) is 2.48. The van der Waals surface area contributed by atoms with Gasteiger partial charge in [-0.25, -0.2) is 0 Å². The molecule has 4 N–H and O–H groups in total. The van der Waals surface area contributed by atoms with Gasteiger partial charge in [0.05, 0.1) is 18.8 Å². The molecule has 0 aliphatic carbocycles. The largest absolute Gasteiger partial charge is 0.396 e. The summed E-state index contributed by atoms with van der Waals surface area (Å²) in [6.45, 7) is 6.19. The van der Waals surface area contributed by atoms with Gasteiger partial charge in [0.25, 0.3) is 0 Å². The SMILES string of the molecule is CCCC(O)C(CC)CO.CCCCCCC(O)CO. The number of aliphatic hydroxyl groups is 4. The zero-order chi connectivity index (χ0) is 15.8. The minimum absolute atomic E-state index is 0.0833. The lowest BCUT2D eigenvalue weighted by atomic mass is 9.97. The summed E-state index contributed by atoms with van der Waals surface area (Å²) < 4.78 is 0. The van der Waals surface area contributed by atoms with Crippen LogP contribution in [0.15, 0.2) is 0 Å². The molecule has 3 unspecified atom stereocenters. The van der Waals surface area contributed by atoms with Crippen LogP contribution < -0.4 is 0 Å². The predicted molar refractivity (Wildman–Crippen MR) is 83.6 cm³/mol. The molecule has 0 amide bonds. The van der Waals surface area contributed by atoms with Gasteiger partial charge in [0, 0.05) is 12.5 Å². The van der Waals surface area contributed by atoms with Gasteiger partial charge in [-0.05, 0) is 19.3 Å². The van der Waals surface area contributed by atoms with Crippen molar-refractivity contribution in [2.45, 2.75) is 84.3 Å². The second-order valence-corrected chi connectivity index (χ2v) is 5.39. The first-order valence-electron chi connectivity index (χ1n) is 8.14. The van der Waals surface area contributed by atoms with Crippen molar-refractivity contribution in [3.63, 3.8) is 0 Å². The summed E-state index contributed by atoms with van der Waals surface area (Å²) in [5.41, 5.74) is 0. The topological polar surface area (TPSA) is 80.9 Å². The molecule has 0 saturated carbocycles. The fourth-order valence-electron chi connectivity index (χ4n) is 1.95. The van der Waals surface area contributed by atoms with Crippen LogP contribution in [0.3, 0.4) is 0 Å². The van der Waals surface area contributed by atoms with Crippen molar-refractivity contribution in [1.29, 1.82) is 0 Å². The molecule has 0 aromatic carbocycles. The van der Waals surface area contributed by atoms with E-state index in [1.807, 2.05) is 13.8 Å². The molecule has 124 valence electrons. The Morgan fingerprint density at radius 3 is 1.80 bits per heavy atom. The first kappa shape index (κ1) is 22.1. The molecule has 0 aromatic heterocycles. The van der Waals surface area contributed by atoms with Gasteiger partial charge in [0.2, 0.25) is 0 Å². The molecule has 0 radical (unpaired) electrons. The number of hydrogen-bond donors (Lipinski definition) is 4. The zero-order valence-electron chi connectivity index (χ0n) is 13.6. The van der Waals surface area contributed by atoms with Crippen LogP contribution in [0, 0.1) is 5.92 Å². The number of aliphatic hydroxyl groups excluding tert-OH is 4. The van der Waals surface area contributed by atoms with E-state index in [-0.39, 0.29) is 25.2 Å². The number of hydrogen-bond acceptors (Lipinski definition) is 4. The fraction of sp³-hybridized carbons (Fsp3) is 1.00. The van der Waals surface area contributed by atoms with Crippen LogP contribution in [-0.4, -0.2) is 45.8 Å². The molecule has 0 rings (SSSR count). The van der Waals surface area contributed by atoms with Gasteiger partial charge in [-0.3, -0.25) is 0 Å². The van der Waals surface area contributed by atoms with E-state index in [9.17, 15) is 5.11 Å². The monoisotopic (exact) mass is 292 g/mol. The molecule has 0 fully saturated rings. The van der Waals surface area contributed by atoms with Gasteiger partial charge >= 0.3 is 0 Å². The van der Waals surface area contributed by atoms with E-state index < -0.39 is 6.10 Å². The van der Waals surface area contributed by atoms with Gasteiger partial charge < -0.3 is 20.4 Å². The Kier molecular flexibility index (Phi) is 18.7. The summed E-state index contributed by atoms with van der Waals surface area (Å²) >= 11 is 0. The van der Waals surface area contributed by atoms with Crippen LogP contribution in [0.1, 0.15) is 72.1 Å². The third-order valence-electron chi connectivity index (χ3n) is 3.49. The van der Waals surface area contributed by atoms with Crippen LogP contribution in [0.4, 0.5) is 0 Å². The highest BCUT2D eigenvalue weighted by atomic mass is 16.3. The smallest absolute Gasteiger partial charge is 0.0770 e. The Morgan fingerprint density at radius 1 is 0.750 bits per heavy atom. The molecule has 0 aromatic rings. The quantitative estimate of drug-likeness (QED) is 0.441. The highest BCUT2D eigenvalue weighted by Gasteiger charge is 2.14. The minimum Gasteiger partial charge on any atom is -0.396 e. The second kappa shape index (κ2) is 16.9. The molecule has 0 saturated heterocycles. The van der Waals surface area contributed by atoms with E-state index in [1.54, 1.807) is 0 Å². The molecule has 0 heterocycles. The third kappa shape index (κ3) is 14.3. The van der Waals surface area contributed by atoms with Crippen molar-refractivity contribution < 1.29 is 20.4 Å². The zero-order valence-corrected chi connectivity index (χ0v) is 13.6. The molecule has 0 aliphatic rings. The summed E-state index contributed by atoms with van der Waals surface area (Å²) in [6.07, 6.45) is 7.26. The lowest BCUT2D eigenvalue weighted by Crippen LogP contribution is -2.22. The molecular formula is C16H36O4. The summed E-state index contributed by atoms with van der Waals surface area (Å²) in [6, 6.07) is 0. The average Bonchev–Trinajstić information content (AvgIpc) is 2.45. The van der Waals surface area contributed by atoms with Gasteiger partial charge in [-0.2, -0.15) is 0 Å². The number of unbranched alkanes of at least 4 members (excludes halogenated alkanes) is 3. The molecular weight excluding hydrogens is 256 g/mol. The molecule has 0 bridgehead atoms. The van der Waals surface area contributed by atoms with E-state index in [4.69, 9.17) is 15.3 Å². The summed E-state index contributed by atoms with van der Waals surface area (Å²) in [5.74, 6) is 0.0833. The van der Waals surface area contributed by atoms with Crippen LogP contribution in [0.2, 0.25) is 0 Å². The van der Waals surface area contributed by atoms with Crippen LogP contribution >= 0.6 is 0 Å². The molecule has 4 nitrogen and oxygen atoms in total. The van der Waals surface area contributed by atoms with Gasteiger partial charge in [0.15, 0.2) is 0 Å². The molecule has 0 spiro atoms. The first-order chi connectivity index (χ1) is 9.56. The van der Waals surface area contributed by atoms with Gasteiger partial charge in [-0.15, -0.1) is 0 Å². The number of rotatable bonds is 11. The Morgan fingerprint density at radius 2 is 1.40 bits per heavy atom. The molecule has 4 heteroatoms. The maximum absolute atomic E-state index is 9.35. The maximum Gasteiger partial charge on any atom is 0.0770 e. The second-order valence-electron chi connectivity index (χ2n) is 5.39. The van der Waals surface area contributed by atoms with Crippen molar-refractivity contribution >= 4 is 0 Å².